The molecule has 0 saturated heterocycles. The van der Waals surface area contributed by atoms with Gasteiger partial charge in [-0.3, -0.25) is 4.79 Å². The molecule has 0 radical (unpaired) electrons. The van der Waals surface area contributed by atoms with Crippen LogP contribution in [0.3, 0.4) is 0 Å². The first-order valence-corrected chi connectivity index (χ1v) is 8.29. The SMILES string of the molecule is N#Cc1ccccc1NC(=O)c1ccc(NC2CCCCC2)cn1. The number of rotatable bonds is 4. The molecule has 24 heavy (non-hydrogen) atoms. The van der Waals surface area contributed by atoms with E-state index in [0.717, 1.165) is 5.69 Å². The van der Waals surface area contributed by atoms with Crippen molar-refractivity contribution in [2.24, 2.45) is 0 Å². The smallest absolute Gasteiger partial charge is 0.274 e. The van der Waals surface area contributed by atoms with E-state index in [9.17, 15) is 4.79 Å². The Morgan fingerprint density at radius 2 is 1.92 bits per heavy atom. The zero-order chi connectivity index (χ0) is 16.8. The summed E-state index contributed by atoms with van der Waals surface area (Å²) in [5, 5.41) is 15.3. The molecular formula is C19H20N4O. The molecule has 1 amide bonds. The Balaban J connectivity index is 1.64. The molecule has 0 bridgehead atoms. The van der Waals surface area contributed by atoms with E-state index in [1.54, 1.807) is 36.5 Å². The number of nitrogens with zero attached hydrogens (tertiary/aromatic N) is 2. The quantitative estimate of drug-likeness (QED) is 0.894. The van der Waals surface area contributed by atoms with Crippen molar-refractivity contribution in [3.63, 3.8) is 0 Å². The van der Waals surface area contributed by atoms with Gasteiger partial charge in [0.2, 0.25) is 0 Å². The number of nitrogens with one attached hydrogen (secondary N) is 2. The fourth-order valence-corrected chi connectivity index (χ4v) is 2.97. The van der Waals surface area contributed by atoms with E-state index < -0.39 is 0 Å². The van der Waals surface area contributed by atoms with E-state index in [-0.39, 0.29) is 5.91 Å². The van der Waals surface area contributed by atoms with E-state index in [0.29, 0.717) is 23.0 Å². The summed E-state index contributed by atoms with van der Waals surface area (Å²) >= 11 is 0. The Kier molecular flexibility index (Phi) is 5.07. The van der Waals surface area contributed by atoms with Crippen molar-refractivity contribution in [3.8, 4) is 6.07 Å². The van der Waals surface area contributed by atoms with Gasteiger partial charge in [-0.05, 0) is 37.1 Å². The minimum absolute atomic E-state index is 0.318. The Morgan fingerprint density at radius 1 is 1.12 bits per heavy atom. The van der Waals surface area contributed by atoms with Crippen molar-refractivity contribution >= 4 is 17.3 Å². The second-order valence-electron chi connectivity index (χ2n) is 6.02. The Hall–Kier alpha value is -2.87. The monoisotopic (exact) mass is 320 g/mol. The van der Waals surface area contributed by atoms with Crippen LogP contribution in [0.1, 0.15) is 48.2 Å². The average Bonchev–Trinajstić information content (AvgIpc) is 2.63. The molecule has 1 saturated carbocycles. The summed E-state index contributed by atoms with van der Waals surface area (Å²) in [6.07, 6.45) is 7.92. The fourth-order valence-electron chi connectivity index (χ4n) is 2.97. The van der Waals surface area contributed by atoms with Gasteiger partial charge in [0.05, 0.1) is 23.1 Å². The number of anilines is 2. The normalized spacial score (nSPS) is 14.6. The van der Waals surface area contributed by atoms with Gasteiger partial charge >= 0.3 is 0 Å². The summed E-state index contributed by atoms with van der Waals surface area (Å²) < 4.78 is 0. The summed E-state index contributed by atoms with van der Waals surface area (Å²) in [5.41, 5.74) is 2.20. The number of pyridine rings is 1. The van der Waals surface area contributed by atoms with Crippen LogP contribution in [0.5, 0.6) is 0 Å². The van der Waals surface area contributed by atoms with Crippen molar-refractivity contribution < 1.29 is 4.79 Å². The van der Waals surface area contributed by atoms with Crippen LogP contribution >= 0.6 is 0 Å². The van der Waals surface area contributed by atoms with Crippen LogP contribution in [-0.2, 0) is 0 Å². The lowest BCUT2D eigenvalue weighted by molar-refractivity contribution is 0.102. The summed E-state index contributed by atoms with van der Waals surface area (Å²) in [4.78, 5) is 16.5. The van der Waals surface area contributed by atoms with Gasteiger partial charge in [-0.2, -0.15) is 5.26 Å². The number of carbonyl (C=O) groups is 1. The van der Waals surface area contributed by atoms with Crippen molar-refractivity contribution in [3.05, 3.63) is 53.9 Å². The maximum Gasteiger partial charge on any atom is 0.274 e. The van der Waals surface area contributed by atoms with Crippen molar-refractivity contribution in [1.82, 2.24) is 4.98 Å². The molecule has 1 fully saturated rings. The Bertz CT molecular complexity index is 743. The van der Waals surface area contributed by atoms with Crippen molar-refractivity contribution in [2.45, 2.75) is 38.1 Å². The molecule has 5 nitrogen and oxygen atoms in total. The molecule has 1 aromatic heterocycles. The lowest BCUT2D eigenvalue weighted by atomic mass is 9.95. The van der Waals surface area contributed by atoms with Gasteiger partial charge in [0.1, 0.15) is 11.8 Å². The highest BCUT2D eigenvalue weighted by Crippen LogP contribution is 2.21. The third kappa shape index (κ3) is 3.90. The highest BCUT2D eigenvalue weighted by Gasteiger charge is 2.14. The highest BCUT2D eigenvalue weighted by atomic mass is 16.1. The molecule has 1 aliphatic rings. The molecule has 1 heterocycles. The number of hydrogen-bond acceptors (Lipinski definition) is 4. The zero-order valence-corrected chi connectivity index (χ0v) is 13.5. The number of aromatic nitrogens is 1. The van der Waals surface area contributed by atoms with Crippen molar-refractivity contribution in [2.75, 3.05) is 10.6 Å². The lowest BCUT2D eigenvalue weighted by Crippen LogP contribution is -2.22. The average molecular weight is 320 g/mol. The molecule has 3 rings (SSSR count). The summed E-state index contributed by atoms with van der Waals surface area (Å²) in [6.45, 7) is 0. The second kappa shape index (κ2) is 7.60. The molecule has 1 aromatic carbocycles. The Labute approximate surface area is 141 Å². The minimum Gasteiger partial charge on any atom is -0.381 e. The summed E-state index contributed by atoms with van der Waals surface area (Å²) in [5.74, 6) is -0.318. The third-order valence-corrected chi connectivity index (χ3v) is 4.27. The number of carbonyl (C=O) groups excluding carboxylic acids is 1. The van der Waals surface area contributed by atoms with Gasteiger partial charge in [0.25, 0.3) is 5.91 Å². The summed E-state index contributed by atoms with van der Waals surface area (Å²) in [6, 6.07) is 13.1. The zero-order valence-electron chi connectivity index (χ0n) is 13.5. The molecule has 0 spiro atoms. The molecule has 2 N–H and O–H groups in total. The van der Waals surface area contributed by atoms with Crippen LogP contribution in [0.2, 0.25) is 0 Å². The summed E-state index contributed by atoms with van der Waals surface area (Å²) in [7, 11) is 0. The van der Waals surface area contributed by atoms with Crippen molar-refractivity contribution in [1.29, 1.82) is 5.26 Å². The number of nitriles is 1. The van der Waals surface area contributed by atoms with Gasteiger partial charge in [0.15, 0.2) is 0 Å². The topological polar surface area (TPSA) is 77.8 Å². The van der Waals surface area contributed by atoms with Gasteiger partial charge in [-0.15, -0.1) is 0 Å². The second-order valence-corrected chi connectivity index (χ2v) is 6.02. The molecule has 0 aliphatic heterocycles. The molecule has 0 unspecified atom stereocenters. The van der Waals surface area contributed by atoms with E-state index in [1.807, 2.05) is 6.07 Å². The van der Waals surface area contributed by atoms with E-state index in [4.69, 9.17) is 5.26 Å². The molecular weight excluding hydrogens is 300 g/mol. The molecule has 1 aliphatic carbocycles. The number of para-hydroxylation sites is 1. The predicted octanol–water partition coefficient (Wildman–Crippen LogP) is 3.95. The fraction of sp³-hybridized carbons (Fsp3) is 0.316. The maximum atomic E-state index is 12.3. The van der Waals surface area contributed by atoms with Crippen LogP contribution < -0.4 is 10.6 Å². The van der Waals surface area contributed by atoms with Crippen LogP contribution in [0.25, 0.3) is 0 Å². The third-order valence-electron chi connectivity index (χ3n) is 4.27. The van der Waals surface area contributed by atoms with E-state index in [2.05, 4.69) is 21.7 Å². The predicted molar refractivity (Wildman–Crippen MR) is 93.8 cm³/mol. The van der Waals surface area contributed by atoms with E-state index in [1.165, 1.54) is 32.1 Å². The largest absolute Gasteiger partial charge is 0.381 e. The van der Waals surface area contributed by atoms with Gasteiger partial charge in [0, 0.05) is 6.04 Å². The molecule has 5 heteroatoms. The van der Waals surface area contributed by atoms with E-state index >= 15 is 0 Å². The van der Waals surface area contributed by atoms with Crippen LogP contribution in [0.4, 0.5) is 11.4 Å². The van der Waals surface area contributed by atoms with Gasteiger partial charge < -0.3 is 10.6 Å². The number of benzene rings is 1. The molecule has 0 atom stereocenters. The first kappa shape index (κ1) is 16.0. The number of hydrogen-bond donors (Lipinski definition) is 2. The first-order valence-electron chi connectivity index (χ1n) is 8.29. The highest BCUT2D eigenvalue weighted by molar-refractivity contribution is 6.03. The molecule has 2 aromatic rings. The molecule has 122 valence electrons. The first-order chi connectivity index (χ1) is 11.8. The van der Waals surface area contributed by atoms with Crippen LogP contribution in [-0.4, -0.2) is 16.9 Å². The van der Waals surface area contributed by atoms with Gasteiger partial charge in [-0.25, -0.2) is 4.98 Å². The number of amides is 1. The standard InChI is InChI=1S/C19H20N4O/c20-12-14-6-4-5-9-17(14)23-19(24)18-11-10-16(13-21-18)22-15-7-2-1-3-8-15/h4-6,9-11,13,15,22H,1-3,7-8H2,(H,23,24). The minimum atomic E-state index is -0.318. The lowest BCUT2D eigenvalue weighted by Gasteiger charge is -2.23. The Morgan fingerprint density at radius 3 is 2.62 bits per heavy atom. The van der Waals surface area contributed by atoms with Gasteiger partial charge in [-0.1, -0.05) is 31.4 Å². The van der Waals surface area contributed by atoms with Crippen LogP contribution in [0.15, 0.2) is 42.6 Å². The van der Waals surface area contributed by atoms with Crippen LogP contribution in [0, 0.1) is 11.3 Å². The maximum absolute atomic E-state index is 12.3.